The molecule has 0 unspecified atom stereocenters. The van der Waals surface area contributed by atoms with Gasteiger partial charge in [0.15, 0.2) is 0 Å². The highest BCUT2D eigenvalue weighted by molar-refractivity contribution is 6.09. The molecule has 0 heterocycles. The number of aryl methyl sites for hydroxylation is 1. The number of nitrogens with one attached hydrogen (secondary N) is 1. The lowest BCUT2D eigenvalue weighted by molar-refractivity contribution is -0.112. The fraction of sp³-hybridized carbons (Fsp3) is 0.238. The minimum atomic E-state index is -0.553. The predicted octanol–water partition coefficient (Wildman–Crippen LogP) is 3.50. The second kappa shape index (κ2) is 9.51. The first-order valence-electron chi connectivity index (χ1n) is 8.63. The van der Waals surface area contributed by atoms with E-state index in [0.29, 0.717) is 12.2 Å². The molecule has 0 spiro atoms. The minimum absolute atomic E-state index is 0.0436. The number of nitriles is 1. The van der Waals surface area contributed by atoms with Crippen LogP contribution in [0.5, 0.6) is 0 Å². The van der Waals surface area contributed by atoms with Crippen LogP contribution in [0.2, 0.25) is 0 Å². The smallest absolute Gasteiger partial charge is 0.266 e. The van der Waals surface area contributed by atoms with Crippen molar-refractivity contribution in [3.63, 3.8) is 0 Å². The van der Waals surface area contributed by atoms with Crippen LogP contribution in [0, 0.1) is 24.1 Å². The van der Waals surface area contributed by atoms with Gasteiger partial charge in [0.05, 0.1) is 6.61 Å². The number of carbonyl (C=O) groups excluding carboxylic acids is 1. The van der Waals surface area contributed by atoms with Gasteiger partial charge >= 0.3 is 0 Å². The molecule has 6 heteroatoms. The molecule has 27 heavy (non-hydrogen) atoms. The van der Waals surface area contributed by atoms with E-state index in [4.69, 9.17) is 5.11 Å². The summed E-state index contributed by atoms with van der Waals surface area (Å²) in [6.45, 7) is 5.27. The maximum atomic E-state index is 13.0. The van der Waals surface area contributed by atoms with E-state index in [0.717, 1.165) is 23.4 Å². The molecule has 0 radical (unpaired) electrons. The van der Waals surface area contributed by atoms with Gasteiger partial charge in [0.25, 0.3) is 5.91 Å². The van der Waals surface area contributed by atoms with Crippen molar-refractivity contribution in [1.29, 1.82) is 5.26 Å². The van der Waals surface area contributed by atoms with Crippen molar-refractivity contribution in [2.45, 2.75) is 13.8 Å². The molecular weight excluding hydrogens is 345 g/mol. The monoisotopic (exact) mass is 367 g/mol. The van der Waals surface area contributed by atoms with Crippen molar-refractivity contribution in [2.24, 2.45) is 0 Å². The number of hydrogen-bond acceptors (Lipinski definition) is 4. The zero-order valence-corrected chi connectivity index (χ0v) is 15.4. The Balaban J connectivity index is 2.22. The standard InChI is InChI=1S/C21H22FN3O2/c1-3-25(10-11-26)20-9-4-16(15(2)12-20)13-17(14-23)21(27)24-19-7-5-18(22)6-8-19/h4-9,12-13,26H,3,10-11H2,1-2H3,(H,24,27)/b17-13+. The summed E-state index contributed by atoms with van der Waals surface area (Å²) >= 11 is 0. The molecule has 0 atom stereocenters. The number of nitrogens with zero attached hydrogens (tertiary/aromatic N) is 2. The third-order valence-corrected chi connectivity index (χ3v) is 4.14. The largest absolute Gasteiger partial charge is 0.395 e. The van der Waals surface area contributed by atoms with Gasteiger partial charge < -0.3 is 15.3 Å². The number of carbonyl (C=O) groups is 1. The summed E-state index contributed by atoms with van der Waals surface area (Å²) in [4.78, 5) is 14.4. The number of likely N-dealkylation sites (N-methyl/N-ethyl adjacent to an activating group) is 1. The van der Waals surface area contributed by atoms with Crippen molar-refractivity contribution >= 4 is 23.4 Å². The van der Waals surface area contributed by atoms with Crippen molar-refractivity contribution in [1.82, 2.24) is 0 Å². The third-order valence-electron chi connectivity index (χ3n) is 4.14. The summed E-state index contributed by atoms with van der Waals surface area (Å²) in [5.74, 6) is -0.954. The van der Waals surface area contributed by atoms with Crippen LogP contribution in [0.3, 0.4) is 0 Å². The van der Waals surface area contributed by atoms with Gasteiger partial charge in [-0.2, -0.15) is 5.26 Å². The maximum Gasteiger partial charge on any atom is 0.266 e. The third kappa shape index (κ3) is 5.40. The summed E-state index contributed by atoms with van der Waals surface area (Å²) in [5, 5.41) is 21.1. The summed E-state index contributed by atoms with van der Waals surface area (Å²) in [6, 6.07) is 12.9. The van der Waals surface area contributed by atoms with Crippen LogP contribution in [0.1, 0.15) is 18.1 Å². The van der Waals surface area contributed by atoms with Gasteiger partial charge in [-0.3, -0.25) is 4.79 Å². The van der Waals surface area contributed by atoms with Gasteiger partial charge in [-0.15, -0.1) is 0 Å². The van der Waals surface area contributed by atoms with Gasteiger partial charge in [0, 0.05) is 24.5 Å². The molecule has 0 aliphatic heterocycles. The molecule has 5 nitrogen and oxygen atoms in total. The maximum absolute atomic E-state index is 13.0. The van der Waals surface area contributed by atoms with E-state index in [1.54, 1.807) is 0 Å². The van der Waals surface area contributed by atoms with Crippen molar-refractivity contribution in [3.8, 4) is 6.07 Å². The Kier molecular flexibility index (Phi) is 7.09. The quantitative estimate of drug-likeness (QED) is 0.580. The van der Waals surface area contributed by atoms with Crippen molar-refractivity contribution in [3.05, 3.63) is 65.0 Å². The summed E-state index contributed by atoms with van der Waals surface area (Å²) in [6.07, 6.45) is 1.53. The normalized spacial score (nSPS) is 11.0. The van der Waals surface area contributed by atoms with E-state index in [-0.39, 0.29) is 12.2 Å². The number of aliphatic hydroxyl groups is 1. The van der Waals surface area contributed by atoms with E-state index in [9.17, 15) is 14.4 Å². The second-order valence-corrected chi connectivity index (χ2v) is 5.98. The summed E-state index contributed by atoms with van der Waals surface area (Å²) in [5.41, 5.74) is 3.00. The number of anilines is 2. The molecule has 0 aromatic heterocycles. The first kappa shape index (κ1) is 20.1. The van der Waals surface area contributed by atoms with Gasteiger partial charge in [0.2, 0.25) is 0 Å². The van der Waals surface area contributed by atoms with Crippen LogP contribution in [0.25, 0.3) is 6.08 Å². The Morgan fingerprint density at radius 2 is 2.00 bits per heavy atom. The van der Waals surface area contributed by atoms with E-state index < -0.39 is 11.7 Å². The highest BCUT2D eigenvalue weighted by atomic mass is 19.1. The molecule has 0 aliphatic carbocycles. The first-order valence-corrected chi connectivity index (χ1v) is 8.63. The molecule has 0 saturated carbocycles. The molecule has 0 aliphatic rings. The SMILES string of the molecule is CCN(CCO)c1ccc(/C=C(\C#N)C(=O)Nc2ccc(F)cc2)c(C)c1. The van der Waals surface area contributed by atoms with Crippen LogP contribution in [0.15, 0.2) is 48.0 Å². The topological polar surface area (TPSA) is 76.4 Å². The molecule has 0 saturated heterocycles. The molecule has 140 valence electrons. The van der Waals surface area contributed by atoms with Gasteiger partial charge in [-0.25, -0.2) is 4.39 Å². The highest BCUT2D eigenvalue weighted by Gasteiger charge is 2.11. The zero-order chi connectivity index (χ0) is 19.8. The number of benzene rings is 2. The highest BCUT2D eigenvalue weighted by Crippen LogP contribution is 2.21. The molecule has 2 N–H and O–H groups in total. The lowest BCUT2D eigenvalue weighted by Gasteiger charge is -2.22. The molecule has 2 rings (SSSR count). The van der Waals surface area contributed by atoms with E-state index >= 15 is 0 Å². The lowest BCUT2D eigenvalue weighted by Crippen LogP contribution is -2.26. The average molecular weight is 367 g/mol. The Labute approximate surface area is 158 Å². The van der Waals surface area contributed by atoms with Crippen LogP contribution in [-0.2, 0) is 4.79 Å². The molecule has 0 fully saturated rings. The van der Waals surface area contributed by atoms with Crippen LogP contribution in [0.4, 0.5) is 15.8 Å². The van der Waals surface area contributed by atoms with Gasteiger partial charge in [-0.1, -0.05) is 6.07 Å². The number of rotatable bonds is 7. The molecule has 2 aromatic carbocycles. The van der Waals surface area contributed by atoms with Crippen LogP contribution >= 0.6 is 0 Å². The first-order chi connectivity index (χ1) is 13.0. The van der Waals surface area contributed by atoms with Crippen LogP contribution < -0.4 is 10.2 Å². The average Bonchev–Trinajstić information content (AvgIpc) is 2.66. The minimum Gasteiger partial charge on any atom is -0.395 e. The Hall–Kier alpha value is -3.17. The Morgan fingerprint density at radius 3 is 2.56 bits per heavy atom. The zero-order valence-electron chi connectivity index (χ0n) is 15.4. The second-order valence-electron chi connectivity index (χ2n) is 5.98. The number of amides is 1. The fourth-order valence-electron chi connectivity index (χ4n) is 2.64. The molecule has 2 aromatic rings. The predicted molar refractivity (Wildman–Crippen MR) is 105 cm³/mol. The fourth-order valence-corrected chi connectivity index (χ4v) is 2.64. The molecule has 0 bridgehead atoms. The van der Waals surface area contributed by atoms with E-state index in [1.807, 2.05) is 43.0 Å². The number of aliphatic hydroxyl groups excluding tert-OH is 1. The van der Waals surface area contributed by atoms with E-state index in [1.165, 1.54) is 30.3 Å². The van der Waals surface area contributed by atoms with Crippen LogP contribution in [-0.4, -0.2) is 30.7 Å². The number of halogens is 1. The molecular formula is C21H22FN3O2. The molecule has 1 amide bonds. The summed E-state index contributed by atoms with van der Waals surface area (Å²) in [7, 11) is 0. The summed E-state index contributed by atoms with van der Waals surface area (Å²) < 4.78 is 13.0. The Morgan fingerprint density at radius 1 is 1.30 bits per heavy atom. The van der Waals surface area contributed by atoms with Gasteiger partial charge in [0.1, 0.15) is 17.5 Å². The van der Waals surface area contributed by atoms with Crippen molar-refractivity contribution in [2.75, 3.05) is 29.9 Å². The number of hydrogen-bond donors (Lipinski definition) is 2. The van der Waals surface area contributed by atoms with Crippen molar-refractivity contribution < 1.29 is 14.3 Å². The van der Waals surface area contributed by atoms with Gasteiger partial charge in [-0.05, 0) is 67.4 Å². The Bertz CT molecular complexity index is 870. The van der Waals surface area contributed by atoms with E-state index in [2.05, 4.69) is 5.32 Å². The lowest BCUT2D eigenvalue weighted by atomic mass is 10.0.